The largest absolute Gasteiger partial charge is 0.428 e. The minimum atomic E-state index is -0.661. The number of rotatable bonds is 5. The lowest BCUT2D eigenvalue weighted by atomic mass is 10.7. The zero-order valence-electron chi connectivity index (χ0n) is 7.44. The predicted octanol–water partition coefficient (Wildman–Crippen LogP) is 1.80. The van der Waals surface area contributed by atoms with Crippen LogP contribution < -0.4 is 0 Å². The first-order valence-electron chi connectivity index (χ1n) is 3.73. The minimum Gasteiger partial charge on any atom is -0.428 e. The molecular weight excluding hydrogens is 180 g/mol. The Bertz CT molecular complexity index is 139. The van der Waals surface area contributed by atoms with Crippen molar-refractivity contribution >= 4 is 17.9 Å². The third kappa shape index (κ3) is 6.45. The molecule has 0 aromatic rings. The average molecular weight is 194 g/mol. The van der Waals surface area contributed by atoms with Gasteiger partial charge >= 0.3 is 5.30 Å². The number of carbonyl (C=O) groups excluding carboxylic acids is 1. The normalized spacial score (nSPS) is 15.3. The highest BCUT2D eigenvalue weighted by atomic mass is 32.1. The highest BCUT2D eigenvalue weighted by molar-refractivity contribution is 7.96. The van der Waals surface area contributed by atoms with Gasteiger partial charge in [-0.2, -0.15) is 0 Å². The smallest absolute Gasteiger partial charge is 0.366 e. The van der Waals surface area contributed by atoms with E-state index in [4.69, 9.17) is 9.47 Å². The van der Waals surface area contributed by atoms with E-state index < -0.39 is 11.6 Å². The summed E-state index contributed by atoms with van der Waals surface area (Å²) in [5.41, 5.74) is 0. The van der Waals surface area contributed by atoms with Crippen LogP contribution >= 0.6 is 12.6 Å². The molecule has 0 saturated heterocycles. The second kappa shape index (κ2) is 6.28. The molecule has 0 bridgehead atoms. The molecule has 0 amide bonds. The summed E-state index contributed by atoms with van der Waals surface area (Å²) in [5.74, 6) is 0. The van der Waals surface area contributed by atoms with Crippen LogP contribution in [0.25, 0.3) is 0 Å². The molecular formula is C7H14O4S. The fourth-order valence-electron chi connectivity index (χ4n) is 0.714. The number of thiol groups is 1. The maximum absolute atomic E-state index is 10.3. The molecule has 0 spiro atoms. The summed E-state index contributed by atoms with van der Waals surface area (Å²) in [6, 6.07) is 0. The van der Waals surface area contributed by atoms with Crippen molar-refractivity contribution in [2.24, 2.45) is 0 Å². The van der Waals surface area contributed by atoms with E-state index in [9.17, 15) is 4.79 Å². The van der Waals surface area contributed by atoms with Crippen molar-refractivity contribution in [3.05, 3.63) is 0 Å². The van der Waals surface area contributed by atoms with Crippen LogP contribution in [0.15, 0.2) is 0 Å². The number of ether oxygens (including phenoxy) is 3. The van der Waals surface area contributed by atoms with E-state index in [2.05, 4.69) is 17.4 Å². The Morgan fingerprint density at radius 3 is 2.42 bits per heavy atom. The third-order valence-corrected chi connectivity index (χ3v) is 1.16. The van der Waals surface area contributed by atoms with Crippen LogP contribution in [0.3, 0.4) is 0 Å². The predicted molar refractivity (Wildman–Crippen MR) is 47.1 cm³/mol. The van der Waals surface area contributed by atoms with Gasteiger partial charge in [0.1, 0.15) is 0 Å². The van der Waals surface area contributed by atoms with Gasteiger partial charge in [0.2, 0.25) is 6.29 Å². The summed E-state index contributed by atoms with van der Waals surface area (Å²) < 4.78 is 14.7. The molecule has 2 unspecified atom stereocenters. The second-order valence-corrected chi connectivity index (χ2v) is 2.48. The SMILES string of the molecule is CCOC(C)OC(C)OC(=O)S. The average Bonchev–Trinajstić information content (AvgIpc) is 1.84. The first kappa shape index (κ1) is 11.7. The van der Waals surface area contributed by atoms with Crippen LogP contribution in [0.2, 0.25) is 0 Å². The topological polar surface area (TPSA) is 44.8 Å². The highest BCUT2D eigenvalue weighted by Gasteiger charge is 2.10. The second-order valence-electron chi connectivity index (χ2n) is 2.11. The van der Waals surface area contributed by atoms with Crippen molar-refractivity contribution < 1.29 is 19.0 Å². The first-order chi connectivity index (χ1) is 5.56. The summed E-state index contributed by atoms with van der Waals surface area (Å²) >= 11 is 3.43. The van der Waals surface area contributed by atoms with Crippen LogP contribution in [0.1, 0.15) is 20.8 Å². The van der Waals surface area contributed by atoms with E-state index in [0.29, 0.717) is 6.61 Å². The molecule has 0 aromatic carbocycles. The van der Waals surface area contributed by atoms with Gasteiger partial charge in [-0.3, -0.25) is 0 Å². The minimum absolute atomic E-state index is 0.377. The van der Waals surface area contributed by atoms with E-state index in [0.717, 1.165) is 0 Å². The lowest BCUT2D eigenvalue weighted by Crippen LogP contribution is -2.22. The molecule has 0 aliphatic heterocycles. The van der Waals surface area contributed by atoms with Gasteiger partial charge in [-0.15, -0.1) is 0 Å². The molecule has 0 rings (SSSR count). The summed E-state index contributed by atoms with van der Waals surface area (Å²) in [6.07, 6.45) is -1.01. The summed E-state index contributed by atoms with van der Waals surface area (Å²) in [4.78, 5) is 10.3. The molecule has 0 aliphatic rings. The maximum atomic E-state index is 10.3. The van der Waals surface area contributed by atoms with Gasteiger partial charge < -0.3 is 14.2 Å². The van der Waals surface area contributed by atoms with Crippen LogP contribution in [0.4, 0.5) is 4.79 Å². The van der Waals surface area contributed by atoms with E-state index in [1.165, 1.54) is 0 Å². The van der Waals surface area contributed by atoms with Crippen molar-refractivity contribution in [2.45, 2.75) is 33.4 Å². The lowest BCUT2D eigenvalue weighted by molar-refractivity contribution is -0.208. The molecule has 0 fully saturated rings. The quantitative estimate of drug-likeness (QED) is 0.412. The maximum Gasteiger partial charge on any atom is 0.366 e. The highest BCUT2D eigenvalue weighted by Crippen LogP contribution is 2.02. The van der Waals surface area contributed by atoms with Crippen molar-refractivity contribution in [2.75, 3.05) is 6.61 Å². The Balaban J connectivity index is 3.53. The molecule has 0 aliphatic carbocycles. The van der Waals surface area contributed by atoms with Crippen LogP contribution in [-0.4, -0.2) is 24.5 Å². The number of hydrogen-bond donors (Lipinski definition) is 1. The molecule has 12 heavy (non-hydrogen) atoms. The Kier molecular flexibility index (Phi) is 6.14. The van der Waals surface area contributed by atoms with Crippen LogP contribution in [0.5, 0.6) is 0 Å². The van der Waals surface area contributed by atoms with E-state index in [-0.39, 0.29) is 6.29 Å². The number of hydrogen-bond acceptors (Lipinski definition) is 4. The van der Waals surface area contributed by atoms with E-state index >= 15 is 0 Å². The Labute approximate surface area is 77.6 Å². The molecule has 5 heteroatoms. The zero-order chi connectivity index (χ0) is 9.56. The van der Waals surface area contributed by atoms with Crippen molar-refractivity contribution in [3.63, 3.8) is 0 Å². The Morgan fingerprint density at radius 1 is 1.42 bits per heavy atom. The Morgan fingerprint density at radius 2 is 2.00 bits per heavy atom. The molecule has 0 saturated carbocycles. The fourth-order valence-corrected chi connectivity index (χ4v) is 0.862. The zero-order valence-corrected chi connectivity index (χ0v) is 8.34. The van der Waals surface area contributed by atoms with Crippen molar-refractivity contribution in [1.29, 1.82) is 0 Å². The van der Waals surface area contributed by atoms with Gasteiger partial charge in [-0.1, -0.05) is 12.6 Å². The molecule has 0 heterocycles. The molecule has 0 N–H and O–H groups in total. The Hall–Kier alpha value is -0.260. The molecule has 0 radical (unpaired) electrons. The summed E-state index contributed by atoms with van der Waals surface area (Å²) in [5, 5.41) is -0.661. The first-order valence-corrected chi connectivity index (χ1v) is 4.17. The van der Waals surface area contributed by atoms with Crippen molar-refractivity contribution in [3.8, 4) is 0 Å². The van der Waals surface area contributed by atoms with Crippen molar-refractivity contribution in [1.82, 2.24) is 0 Å². The van der Waals surface area contributed by atoms with Gasteiger partial charge in [-0.05, 0) is 20.8 Å². The monoisotopic (exact) mass is 194 g/mol. The van der Waals surface area contributed by atoms with Gasteiger partial charge in [0.05, 0.1) is 0 Å². The van der Waals surface area contributed by atoms with Gasteiger partial charge in [0.15, 0.2) is 6.29 Å². The molecule has 0 aromatic heterocycles. The summed E-state index contributed by atoms with van der Waals surface area (Å²) in [6.45, 7) is 5.74. The van der Waals surface area contributed by atoms with Crippen LogP contribution in [0, 0.1) is 0 Å². The fraction of sp³-hybridized carbons (Fsp3) is 0.857. The van der Waals surface area contributed by atoms with E-state index in [1.54, 1.807) is 13.8 Å². The van der Waals surface area contributed by atoms with Gasteiger partial charge in [0.25, 0.3) is 0 Å². The van der Waals surface area contributed by atoms with E-state index in [1.807, 2.05) is 6.92 Å². The number of carbonyl (C=O) groups is 1. The molecule has 72 valence electrons. The summed E-state index contributed by atoms with van der Waals surface area (Å²) in [7, 11) is 0. The van der Waals surface area contributed by atoms with Gasteiger partial charge in [-0.25, -0.2) is 4.79 Å². The van der Waals surface area contributed by atoms with Crippen LogP contribution in [-0.2, 0) is 14.2 Å². The molecule has 2 atom stereocenters. The third-order valence-electron chi connectivity index (χ3n) is 1.05. The molecule has 4 nitrogen and oxygen atoms in total. The standard InChI is InChI=1S/C7H14O4S/c1-4-9-5(2)10-6(3)11-7(8)12/h5-6H,4H2,1-3H3,(H,8,12). The van der Waals surface area contributed by atoms with Gasteiger partial charge in [0, 0.05) is 6.61 Å². The lowest BCUT2D eigenvalue weighted by Gasteiger charge is -2.17.